The van der Waals surface area contributed by atoms with Crippen LogP contribution in [0.5, 0.6) is 0 Å². The lowest BCUT2D eigenvalue weighted by Crippen LogP contribution is -2.65. The SMILES string of the molecule is Cc1cccc([Si](Cl)(c2cccc(C)c2N(C)C)c2cccc(C)c2N(C)C)c1N(C)C. The molecule has 0 unspecified atom stereocenters. The van der Waals surface area contributed by atoms with Crippen LogP contribution in [0, 0.1) is 20.8 Å². The Labute approximate surface area is 199 Å². The summed E-state index contributed by atoms with van der Waals surface area (Å²) < 4.78 is 0. The molecular weight excluding hydrogens is 430 g/mol. The van der Waals surface area contributed by atoms with Crippen molar-refractivity contribution in [3.8, 4) is 0 Å². The van der Waals surface area contributed by atoms with E-state index in [9.17, 15) is 0 Å². The second-order valence-corrected chi connectivity index (χ2v) is 13.9. The first-order valence-electron chi connectivity index (χ1n) is 11.0. The van der Waals surface area contributed by atoms with Crippen LogP contribution in [0.25, 0.3) is 0 Å². The van der Waals surface area contributed by atoms with Crippen LogP contribution in [-0.2, 0) is 0 Å². The van der Waals surface area contributed by atoms with E-state index in [1.807, 2.05) is 0 Å². The van der Waals surface area contributed by atoms with E-state index in [0.717, 1.165) is 0 Å². The number of aryl methyl sites for hydroxylation is 3. The van der Waals surface area contributed by atoms with Gasteiger partial charge in [-0.3, -0.25) is 0 Å². The zero-order chi connectivity index (χ0) is 23.8. The van der Waals surface area contributed by atoms with E-state index in [1.54, 1.807) is 0 Å². The third-order valence-electron chi connectivity index (χ3n) is 6.17. The molecule has 0 atom stereocenters. The van der Waals surface area contributed by atoms with Crippen LogP contribution in [0.3, 0.4) is 0 Å². The lowest BCUT2D eigenvalue weighted by Gasteiger charge is -2.37. The van der Waals surface area contributed by atoms with Crippen LogP contribution >= 0.6 is 11.1 Å². The van der Waals surface area contributed by atoms with Crippen molar-refractivity contribution in [2.24, 2.45) is 0 Å². The number of hydrogen-bond donors (Lipinski definition) is 0. The quantitative estimate of drug-likeness (QED) is 0.309. The van der Waals surface area contributed by atoms with E-state index in [0.29, 0.717) is 0 Å². The molecule has 0 spiro atoms. The fraction of sp³-hybridized carbons (Fsp3) is 0.333. The second-order valence-electron chi connectivity index (χ2n) is 9.25. The molecule has 0 saturated heterocycles. The minimum atomic E-state index is -2.95. The van der Waals surface area contributed by atoms with Crippen LogP contribution in [0.2, 0.25) is 0 Å². The normalized spacial score (nSPS) is 11.4. The van der Waals surface area contributed by atoms with E-state index in [-0.39, 0.29) is 0 Å². The van der Waals surface area contributed by atoms with Crippen molar-refractivity contribution in [1.29, 1.82) is 0 Å². The van der Waals surface area contributed by atoms with Gasteiger partial charge in [0.15, 0.2) is 0 Å². The molecule has 3 aromatic carbocycles. The summed E-state index contributed by atoms with van der Waals surface area (Å²) in [7, 11) is 9.74. The summed E-state index contributed by atoms with van der Waals surface area (Å²) in [6.07, 6.45) is 0. The first-order chi connectivity index (χ1) is 15.0. The van der Waals surface area contributed by atoms with Gasteiger partial charge in [-0.05, 0) is 53.0 Å². The van der Waals surface area contributed by atoms with Crippen LogP contribution in [0.15, 0.2) is 54.6 Å². The minimum Gasteiger partial charge on any atom is -0.377 e. The van der Waals surface area contributed by atoms with Crippen molar-refractivity contribution in [2.45, 2.75) is 20.8 Å². The Balaban J connectivity index is 2.57. The van der Waals surface area contributed by atoms with Crippen molar-refractivity contribution >= 4 is 51.1 Å². The van der Waals surface area contributed by atoms with E-state index in [1.165, 1.54) is 49.3 Å². The Morgan fingerprint density at radius 1 is 0.500 bits per heavy atom. The topological polar surface area (TPSA) is 9.72 Å². The van der Waals surface area contributed by atoms with Crippen molar-refractivity contribution in [1.82, 2.24) is 0 Å². The molecule has 0 bridgehead atoms. The smallest absolute Gasteiger partial charge is 0.254 e. The molecule has 5 heteroatoms. The molecule has 0 N–H and O–H groups in total. The van der Waals surface area contributed by atoms with E-state index in [2.05, 4.69) is 132 Å². The van der Waals surface area contributed by atoms with Crippen LogP contribution in [0.1, 0.15) is 16.7 Å². The number of benzene rings is 3. The molecule has 0 aliphatic heterocycles. The maximum Gasteiger partial charge on any atom is 0.254 e. The highest BCUT2D eigenvalue weighted by molar-refractivity contribution is 7.41. The van der Waals surface area contributed by atoms with Crippen LogP contribution in [0.4, 0.5) is 17.1 Å². The predicted octanol–water partition coefficient (Wildman–Crippen LogP) is 4.02. The molecule has 32 heavy (non-hydrogen) atoms. The van der Waals surface area contributed by atoms with Crippen molar-refractivity contribution in [2.75, 3.05) is 57.0 Å². The maximum absolute atomic E-state index is 8.14. The van der Waals surface area contributed by atoms with Gasteiger partial charge in [0.2, 0.25) is 0 Å². The summed E-state index contributed by atoms with van der Waals surface area (Å²) in [6, 6.07) is 19.7. The first-order valence-corrected chi connectivity index (χ1v) is 14.0. The Bertz CT molecular complexity index is 982. The first kappa shape index (κ1) is 24.2. The van der Waals surface area contributed by atoms with Crippen LogP contribution in [-0.4, -0.2) is 49.7 Å². The summed E-state index contributed by atoms with van der Waals surface area (Å²) in [4.78, 5) is 6.64. The van der Waals surface area contributed by atoms with Gasteiger partial charge in [-0.1, -0.05) is 54.6 Å². The average molecular weight is 466 g/mol. The molecule has 0 radical (unpaired) electrons. The van der Waals surface area contributed by atoms with Crippen molar-refractivity contribution in [3.05, 3.63) is 71.3 Å². The maximum atomic E-state index is 8.14. The molecule has 0 amide bonds. The third-order valence-corrected chi connectivity index (χ3v) is 11.4. The van der Waals surface area contributed by atoms with E-state index < -0.39 is 7.38 Å². The fourth-order valence-corrected chi connectivity index (χ4v) is 10.5. The molecular formula is C27H36ClN3Si. The van der Waals surface area contributed by atoms with Crippen molar-refractivity contribution < 1.29 is 0 Å². The highest BCUT2D eigenvalue weighted by Crippen LogP contribution is 2.29. The standard InChI is InChI=1S/C27H36ClN3Si/c1-19-13-10-16-22(25(19)29(4)5)32(28,23-17-11-14-20(2)26(23)30(6)7)24-18-12-15-21(3)27(24)31(8)9/h10-18H,1-9H3. The highest BCUT2D eigenvalue weighted by atomic mass is 35.6. The second kappa shape index (κ2) is 9.20. The van der Waals surface area contributed by atoms with Gasteiger partial charge < -0.3 is 14.7 Å². The number of halogens is 1. The van der Waals surface area contributed by atoms with E-state index in [4.69, 9.17) is 11.1 Å². The number of anilines is 3. The Kier molecular flexibility index (Phi) is 6.96. The summed E-state index contributed by atoms with van der Waals surface area (Å²) in [5.74, 6) is 0. The summed E-state index contributed by atoms with van der Waals surface area (Å²) in [6.45, 7) is 6.53. The van der Waals surface area contributed by atoms with Crippen LogP contribution < -0.4 is 30.3 Å². The van der Waals surface area contributed by atoms with E-state index >= 15 is 0 Å². The zero-order valence-electron chi connectivity index (χ0n) is 20.9. The average Bonchev–Trinajstić information content (AvgIpc) is 2.71. The monoisotopic (exact) mass is 465 g/mol. The Morgan fingerprint density at radius 3 is 0.969 bits per heavy atom. The molecule has 3 rings (SSSR count). The Hall–Kier alpha value is -2.43. The summed E-state index contributed by atoms with van der Waals surface area (Å²) >= 11 is 8.14. The van der Waals surface area contributed by atoms with Gasteiger partial charge in [0.25, 0.3) is 7.38 Å². The number of rotatable bonds is 6. The summed E-state index contributed by atoms with van der Waals surface area (Å²) in [5.41, 5.74) is 7.36. The molecule has 3 aromatic rings. The predicted molar refractivity (Wildman–Crippen MR) is 147 cm³/mol. The molecule has 0 aliphatic rings. The van der Waals surface area contributed by atoms with Gasteiger partial charge in [-0.2, -0.15) is 0 Å². The molecule has 3 nitrogen and oxygen atoms in total. The van der Waals surface area contributed by atoms with Gasteiger partial charge in [-0.15, -0.1) is 11.1 Å². The molecule has 0 fully saturated rings. The Morgan fingerprint density at radius 2 is 0.750 bits per heavy atom. The molecule has 0 heterocycles. The largest absolute Gasteiger partial charge is 0.377 e. The van der Waals surface area contributed by atoms with Crippen molar-refractivity contribution in [3.63, 3.8) is 0 Å². The zero-order valence-corrected chi connectivity index (χ0v) is 22.7. The van der Waals surface area contributed by atoms with Gasteiger partial charge in [0.05, 0.1) is 0 Å². The summed E-state index contributed by atoms with van der Waals surface area (Å²) in [5, 5.41) is 3.68. The lowest BCUT2D eigenvalue weighted by atomic mass is 10.2. The number of hydrogen-bond acceptors (Lipinski definition) is 3. The molecule has 0 saturated carbocycles. The highest BCUT2D eigenvalue weighted by Gasteiger charge is 2.44. The van der Waals surface area contributed by atoms with Gasteiger partial charge in [0, 0.05) is 59.3 Å². The number of nitrogens with zero attached hydrogens (tertiary/aromatic N) is 3. The fourth-order valence-electron chi connectivity index (χ4n) is 5.03. The van der Waals surface area contributed by atoms with Gasteiger partial charge in [0.1, 0.15) is 0 Å². The molecule has 170 valence electrons. The molecule has 0 aromatic heterocycles. The lowest BCUT2D eigenvalue weighted by molar-refractivity contribution is 1.12. The van der Waals surface area contributed by atoms with Gasteiger partial charge in [-0.25, -0.2) is 0 Å². The number of para-hydroxylation sites is 3. The third kappa shape index (κ3) is 4.02. The minimum absolute atomic E-state index is 1.21. The molecule has 0 aliphatic carbocycles. The van der Waals surface area contributed by atoms with Gasteiger partial charge >= 0.3 is 0 Å².